The molecule has 2 N–H and O–H groups in total. The number of sulfonamides is 1. The van der Waals surface area contributed by atoms with Crippen LogP contribution in [0.25, 0.3) is 0 Å². The number of benzene rings is 1. The molecule has 1 aromatic carbocycles. The van der Waals surface area contributed by atoms with Crippen LogP contribution in [0.4, 0.5) is 4.39 Å². The average Bonchev–Trinajstić information content (AvgIpc) is 2.39. The maximum absolute atomic E-state index is 12.8. The highest BCUT2D eigenvalue weighted by molar-refractivity contribution is 7.89. The maximum Gasteiger partial charge on any atom is 0.243 e. The van der Waals surface area contributed by atoms with Crippen LogP contribution in [-0.4, -0.2) is 31.2 Å². The number of primary amides is 1. The Kier molecular flexibility index (Phi) is 3.86. The highest BCUT2D eigenvalue weighted by Crippen LogP contribution is 2.25. The first kappa shape index (κ1) is 14.0. The van der Waals surface area contributed by atoms with E-state index < -0.39 is 27.8 Å². The van der Waals surface area contributed by atoms with Crippen LogP contribution in [0.1, 0.15) is 19.3 Å². The number of hydrogen-bond acceptors (Lipinski definition) is 3. The fourth-order valence-electron chi connectivity index (χ4n) is 2.22. The first-order valence-electron chi connectivity index (χ1n) is 5.99. The SMILES string of the molecule is NC(=O)[C@@H]1CCCCN1S(=O)(=O)c1ccc(F)cc1. The molecule has 0 saturated carbocycles. The largest absolute Gasteiger partial charge is 0.368 e. The van der Waals surface area contributed by atoms with E-state index in [0.717, 1.165) is 22.9 Å². The lowest BCUT2D eigenvalue weighted by molar-refractivity contribution is -0.122. The molecule has 1 aliphatic rings. The molecule has 0 radical (unpaired) electrons. The molecule has 1 aromatic rings. The van der Waals surface area contributed by atoms with E-state index in [2.05, 4.69) is 0 Å². The summed E-state index contributed by atoms with van der Waals surface area (Å²) in [4.78, 5) is 11.3. The van der Waals surface area contributed by atoms with E-state index in [1.165, 1.54) is 12.1 Å². The number of carbonyl (C=O) groups excluding carboxylic acids is 1. The Morgan fingerprint density at radius 2 is 1.89 bits per heavy atom. The lowest BCUT2D eigenvalue weighted by Gasteiger charge is -2.32. The average molecular weight is 286 g/mol. The fraction of sp³-hybridized carbons (Fsp3) is 0.417. The summed E-state index contributed by atoms with van der Waals surface area (Å²) in [6.45, 7) is 0.257. The molecule has 1 fully saturated rings. The molecule has 0 aliphatic carbocycles. The first-order valence-corrected chi connectivity index (χ1v) is 7.43. The molecule has 0 bridgehead atoms. The lowest BCUT2D eigenvalue weighted by atomic mass is 10.0. The molecule has 1 aliphatic heterocycles. The number of amides is 1. The van der Waals surface area contributed by atoms with E-state index in [0.29, 0.717) is 12.8 Å². The number of rotatable bonds is 3. The summed E-state index contributed by atoms with van der Waals surface area (Å²) >= 11 is 0. The van der Waals surface area contributed by atoms with Crippen LogP contribution >= 0.6 is 0 Å². The molecular formula is C12H15FN2O3S. The highest BCUT2D eigenvalue weighted by Gasteiger charge is 2.36. The standard InChI is InChI=1S/C12H15FN2O3S/c13-9-4-6-10(7-5-9)19(17,18)15-8-2-1-3-11(15)12(14)16/h4-7,11H,1-3,8H2,(H2,14,16)/t11-/m0/s1. The normalized spacial score (nSPS) is 21.2. The number of hydrogen-bond donors (Lipinski definition) is 1. The summed E-state index contributed by atoms with van der Waals surface area (Å²) in [5.41, 5.74) is 5.25. The smallest absolute Gasteiger partial charge is 0.243 e. The highest BCUT2D eigenvalue weighted by atomic mass is 32.2. The fourth-order valence-corrected chi connectivity index (χ4v) is 3.88. The quantitative estimate of drug-likeness (QED) is 0.894. The molecule has 7 heteroatoms. The third-order valence-electron chi connectivity index (χ3n) is 3.20. The van der Waals surface area contributed by atoms with Crippen LogP contribution in [0.2, 0.25) is 0 Å². The van der Waals surface area contributed by atoms with E-state index in [-0.39, 0.29) is 11.4 Å². The Morgan fingerprint density at radius 1 is 1.26 bits per heavy atom. The van der Waals surface area contributed by atoms with Gasteiger partial charge in [0.1, 0.15) is 11.9 Å². The Hall–Kier alpha value is -1.47. The molecule has 104 valence electrons. The van der Waals surface area contributed by atoms with E-state index in [4.69, 9.17) is 5.73 Å². The molecule has 0 spiro atoms. The van der Waals surface area contributed by atoms with Gasteiger partial charge in [-0.1, -0.05) is 6.42 Å². The molecule has 1 atom stereocenters. The van der Waals surface area contributed by atoms with Gasteiger partial charge in [-0.25, -0.2) is 12.8 Å². The number of halogens is 1. The molecule has 19 heavy (non-hydrogen) atoms. The second-order valence-electron chi connectivity index (χ2n) is 4.48. The Morgan fingerprint density at radius 3 is 2.47 bits per heavy atom. The van der Waals surface area contributed by atoms with Crippen molar-refractivity contribution in [1.29, 1.82) is 0 Å². The van der Waals surface area contributed by atoms with Crippen LogP contribution in [0.5, 0.6) is 0 Å². The van der Waals surface area contributed by atoms with Crippen LogP contribution in [0.15, 0.2) is 29.2 Å². The molecule has 5 nitrogen and oxygen atoms in total. The molecule has 1 heterocycles. The predicted molar refractivity (Wildman–Crippen MR) is 67.1 cm³/mol. The Bertz CT molecular complexity index is 571. The number of nitrogens with zero attached hydrogens (tertiary/aromatic N) is 1. The Balaban J connectivity index is 2.37. The summed E-state index contributed by atoms with van der Waals surface area (Å²) in [5.74, 6) is -1.16. The molecule has 2 rings (SSSR count). The van der Waals surface area contributed by atoms with Gasteiger partial charge >= 0.3 is 0 Å². The molecule has 0 aromatic heterocycles. The number of carbonyl (C=O) groups is 1. The maximum atomic E-state index is 12.8. The van der Waals surface area contributed by atoms with Crippen molar-refractivity contribution in [2.24, 2.45) is 5.73 Å². The van der Waals surface area contributed by atoms with Crippen molar-refractivity contribution in [3.63, 3.8) is 0 Å². The van der Waals surface area contributed by atoms with Gasteiger partial charge in [0.05, 0.1) is 4.90 Å². The van der Waals surface area contributed by atoms with Gasteiger partial charge in [0.25, 0.3) is 0 Å². The van der Waals surface area contributed by atoms with E-state index in [1.54, 1.807) is 0 Å². The van der Waals surface area contributed by atoms with E-state index >= 15 is 0 Å². The summed E-state index contributed by atoms with van der Waals surface area (Å²) < 4.78 is 38.8. The third kappa shape index (κ3) is 2.76. The van der Waals surface area contributed by atoms with Crippen LogP contribution in [-0.2, 0) is 14.8 Å². The van der Waals surface area contributed by atoms with Crippen molar-refractivity contribution in [2.75, 3.05) is 6.54 Å². The Labute approximate surface area is 111 Å². The third-order valence-corrected chi connectivity index (χ3v) is 5.12. The predicted octanol–water partition coefficient (Wildman–Crippen LogP) is 0.854. The molecule has 0 unspecified atom stereocenters. The van der Waals surface area contributed by atoms with Gasteiger partial charge in [-0.05, 0) is 37.1 Å². The summed E-state index contributed by atoms with van der Waals surface area (Å²) in [6, 6.07) is 3.73. The first-order chi connectivity index (χ1) is 8.93. The van der Waals surface area contributed by atoms with Crippen LogP contribution < -0.4 is 5.73 Å². The van der Waals surface area contributed by atoms with Crippen LogP contribution in [0, 0.1) is 5.82 Å². The molecular weight excluding hydrogens is 271 g/mol. The zero-order chi connectivity index (χ0) is 14.0. The van der Waals surface area contributed by atoms with Gasteiger partial charge in [-0.15, -0.1) is 0 Å². The monoisotopic (exact) mass is 286 g/mol. The summed E-state index contributed by atoms with van der Waals surface area (Å²) in [5, 5.41) is 0. The van der Waals surface area contributed by atoms with E-state index in [1.807, 2.05) is 0 Å². The van der Waals surface area contributed by atoms with Crippen molar-refractivity contribution >= 4 is 15.9 Å². The van der Waals surface area contributed by atoms with Crippen molar-refractivity contribution in [3.8, 4) is 0 Å². The van der Waals surface area contributed by atoms with Gasteiger partial charge in [0.2, 0.25) is 15.9 Å². The molecule has 1 saturated heterocycles. The number of nitrogens with two attached hydrogens (primary N) is 1. The number of piperidine rings is 1. The van der Waals surface area contributed by atoms with Crippen molar-refractivity contribution < 1.29 is 17.6 Å². The van der Waals surface area contributed by atoms with Crippen molar-refractivity contribution in [1.82, 2.24) is 4.31 Å². The molecule has 1 amide bonds. The lowest BCUT2D eigenvalue weighted by Crippen LogP contribution is -2.50. The van der Waals surface area contributed by atoms with Gasteiger partial charge in [0, 0.05) is 6.54 Å². The van der Waals surface area contributed by atoms with E-state index in [9.17, 15) is 17.6 Å². The minimum Gasteiger partial charge on any atom is -0.368 e. The van der Waals surface area contributed by atoms with Crippen LogP contribution in [0.3, 0.4) is 0 Å². The van der Waals surface area contributed by atoms with Gasteiger partial charge in [0.15, 0.2) is 0 Å². The van der Waals surface area contributed by atoms with Gasteiger partial charge in [-0.2, -0.15) is 4.31 Å². The zero-order valence-electron chi connectivity index (χ0n) is 10.3. The second kappa shape index (κ2) is 5.26. The van der Waals surface area contributed by atoms with Crippen molar-refractivity contribution in [3.05, 3.63) is 30.1 Å². The zero-order valence-corrected chi connectivity index (χ0v) is 11.1. The summed E-state index contributed by atoms with van der Waals surface area (Å²) in [6.07, 6.45) is 1.88. The van der Waals surface area contributed by atoms with Gasteiger partial charge in [-0.3, -0.25) is 4.79 Å². The summed E-state index contributed by atoms with van der Waals surface area (Å²) in [7, 11) is -3.81. The second-order valence-corrected chi connectivity index (χ2v) is 6.37. The minimum atomic E-state index is -3.81. The van der Waals surface area contributed by atoms with Crippen molar-refractivity contribution in [2.45, 2.75) is 30.2 Å². The topological polar surface area (TPSA) is 80.5 Å². The van der Waals surface area contributed by atoms with Gasteiger partial charge < -0.3 is 5.73 Å². The minimum absolute atomic E-state index is 0.0259.